The van der Waals surface area contributed by atoms with Gasteiger partial charge in [-0.05, 0) is 52.4 Å². The SMILES string of the molecule is Cc1cccc(COc2ccc(C3C4=C(CC(C)(C)CC4=O)Nc4nnnn43)cc2)c1. The number of allylic oxidation sites excluding steroid dienone is 2. The molecule has 2 aliphatic rings. The van der Waals surface area contributed by atoms with Crippen LogP contribution in [0.2, 0.25) is 0 Å². The van der Waals surface area contributed by atoms with Crippen LogP contribution in [0.25, 0.3) is 0 Å². The normalized spacial score (nSPS) is 19.5. The van der Waals surface area contributed by atoms with E-state index in [1.165, 1.54) is 5.56 Å². The Labute approximate surface area is 181 Å². The Kier molecular flexibility index (Phi) is 4.61. The first-order valence-corrected chi connectivity index (χ1v) is 10.5. The molecule has 0 radical (unpaired) electrons. The number of ether oxygens (including phenoxy) is 1. The van der Waals surface area contributed by atoms with E-state index < -0.39 is 0 Å². The number of hydrogen-bond donors (Lipinski definition) is 1. The van der Waals surface area contributed by atoms with Crippen LogP contribution in [-0.2, 0) is 11.4 Å². The highest BCUT2D eigenvalue weighted by molar-refractivity contribution is 6.00. The van der Waals surface area contributed by atoms with E-state index in [-0.39, 0.29) is 17.2 Å². The molecule has 1 unspecified atom stereocenters. The van der Waals surface area contributed by atoms with Crippen LogP contribution in [-0.4, -0.2) is 26.0 Å². The number of aromatic nitrogens is 4. The second-order valence-corrected chi connectivity index (χ2v) is 9.15. The average Bonchev–Trinajstić information content (AvgIpc) is 3.18. The molecule has 7 heteroatoms. The lowest BCUT2D eigenvalue weighted by molar-refractivity contribution is -0.118. The lowest BCUT2D eigenvalue weighted by Gasteiger charge is -2.37. The summed E-state index contributed by atoms with van der Waals surface area (Å²) in [5.41, 5.74) is 4.89. The van der Waals surface area contributed by atoms with Crippen molar-refractivity contribution in [2.75, 3.05) is 5.32 Å². The van der Waals surface area contributed by atoms with Crippen LogP contribution in [0.1, 0.15) is 49.4 Å². The summed E-state index contributed by atoms with van der Waals surface area (Å²) in [6.45, 7) is 6.81. The van der Waals surface area contributed by atoms with Crippen LogP contribution in [0.4, 0.5) is 5.95 Å². The summed E-state index contributed by atoms with van der Waals surface area (Å²) in [7, 11) is 0. The van der Waals surface area contributed by atoms with Gasteiger partial charge in [-0.25, -0.2) is 0 Å². The quantitative estimate of drug-likeness (QED) is 0.687. The second-order valence-electron chi connectivity index (χ2n) is 9.15. The molecule has 1 atom stereocenters. The molecule has 1 aromatic heterocycles. The zero-order valence-corrected chi connectivity index (χ0v) is 17.9. The van der Waals surface area contributed by atoms with E-state index in [1.54, 1.807) is 4.68 Å². The van der Waals surface area contributed by atoms with Crippen LogP contribution in [0.5, 0.6) is 5.75 Å². The lowest BCUT2D eigenvalue weighted by Crippen LogP contribution is -2.36. The third kappa shape index (κ3) is 3.71. The number of Topliss-reactive ketones (excluding diaryl/α,β-unsaturated/α-hetero) is 1. The fourth-order valence-electron chi connectivity index (χ4n) is 4.49. The highest BCUT2D eigenvalue weighted by Gasteiger charge is 2.41. The summed E-state index contributed by atoms with van der Waals surface area (Å²) in [6.07, 6.45) is 1.30. The summed E-state index contributed by atoms with van der Waals surface area (Å²) in [5.74, 6) is 1.49. The number of nitrogens with zero attached hydrogens (tertiary/aromatic N) is 4. The third-order valence-corrected chi connectivity index (χ3v) is 5.88. The fraction of sp³-hybridized carbons (Fsp3) is 0.333. The number of rotatable bonds is 4. The zero-order valence-electron chi connectivity index (χ0n) is 17.9. The predicted octanol–water partition coefficient (Wildman–Crippen LogP) is 4.22. The molecule has 0 fully saturated rings. The van der Waals surface area contributed by atoms with Gasteiger partial charge in [0.2, 0.25) is 5.95 Å². The van der Waals surface area contributed by atoms with Crippen molar-refractivity contribution in [3.63, 3.8) is 0 Å². The molecule has 0 amide bonds. The third-order valence-electron chi connectivity index (χ3n) is 5.88. The summed E-state index contributed by atoms with van der Waals surface area (Å²) >= 11 is 0. The minimum absolute atomic E-state index is 0.0867. The Morgan fingerprint density at radius 2 is 1.97 bits per heavy atom. The van der Waals surface area contributed by atoms with Crippen LogP contribution in [0.3, 0.4) is 0 Å². The Morgan fingerprint density at radius 3 is 2.74 bits per heavy atom. The number of fused-ring (bicyclic) bond motifs is 1. The maximum absolute atomic E-state index is 13.1. The van der Waals surface area contributed by atoms with E-state index in [1.807, 2.05) is 30.3 Å². The van der Waals surface area contributed by atoms with Gasteiger partial charge >= 0.3 is 0 Å². The van der Waals surface area contributed by atoms with Gasteiger partial charge in [-0.1, -0.05) is 60.9 Å². The molecule has 158 valence electrons. The zero-order chi connectivity index (χ0) is 21.6. The summed E-state index contributed by atoms with van der Waals surface area (Å²) in [5, 5.41) is 15.4. The van der Waals surface area contributed by atoms with Crippen molar-refractivity contribution in [3.05, 3.63) is 76.5 Å². The number of carbonyl (C=O) groups is 1. The van der Waals surface area contributed by atoms with Crippen LogP contribution >= 0.6 is 0 Å². The molecule has 0 saturated carbocycles. The molecule has 3 aromatic rings. The topological polar surface area (TPSA) is 81.9 Å². The van der Waals surface area contributed by atoms with Gasteiger partial charge in [0.05, 0.1) is 0 Å². The molecule has 31 heavy (non-hydrogen) atoms. The first-order chi connectivity index (χ1) is 14.9. The summed E-state index contributed by atoms with van der Waals surface area (Å²) < 4.78 is 7.65. The number of tetrazole rings is 1. The number of aryl methyl sites for hydroxylation is 1. The van der Waals surface area contributed by atoms with E-state index >= 15 is 0 Å². The van der Waals surface area contributed by atoms with Gasteiger partial charge in [0.25, 0.3) is 0 Å². The van der Waals surface area contributed by atoms with Gasteiger partial charge in [-0.15, -0.1) is 0 Å². The number of ketones is 1. The number of carbonyl (C=O) groups excluding carboxylic acids is 1. The van der Waals surface area contributed by atoms with E-state index in [9.17, 15) is 4.79 Å². The Balaban J connectivity index is 1.43. The van der Waals surface area contributed by atoms with Gasteiger partial charge in [0, 0.05) is 17.7 Å². The molecule has 7 nitrogen and oxygen atoms in total. The minimum Gasteiger partial charge on any atom is -0.489 e. The van der Waals surface area contributed by atoms with Crippen molar-refractivity contribution in [2.45, 2.75) is 46.3 Å². The molecule has 2 heterocycles. The van der Waals surface area contributed by atoms with Crippen molar-refractivity contribution in [1.82, 2.24) is 20.2 Å². The largest absolute Gasteiger partial charge is 0.489 e. The van der Waals surface area contributed by atoms with Gasteiger partial charge in [-0.3, -0.25) is 4.79 Å². The molecule has 1 aliphatic heterocycles. The Hall–Kier alpha value is -3.48. The second kappa shape index (κ2) is 7.34. The van der Waals surface area contributed by atoms with Crippen LogP contribution < -0.4 is 10.1 Å². The van der Waals surface area contributed by atoms with E-state index in [0.717, 1.165) is 34.6 Å². The number of benzene rings is 2. The van der Waals surface area contributed by atoms with Crippen molar-refractivity contribution < 1.29 is 9.53 Å². The first kappa shape index (κ1) is 19.5. The predicted molar refractivity (Wildman–Crippen MR) is 117 cm³/mol. The Bertz CT molecular complexity index is 1180. The summed E-state index contributed by atoms with van der Waals surface area (Å²) in [4.78, 5) is 13.1. The first-order valence-electron chi connectivity index (χ1n) is 10.5. The molecule has 1 N–H and O–H groups in total. The van der Waals surface area contributed by atoms with Crippen LogP contribution in [0, 0.1) is 12.3 Å². The van der Waals surface area contributed by atoms with E-state index in [0.29, 0.717) is 19.0 Å². The van der Waals surface area contributed by atoms with Crippen molar-refractivity contribution >= 4 is 11.7 Å². The summed E-state index contributed by atoms with van der Waals surface area (Å²) in [6, 6.07) is 15.8. The maximum Gasteiger partial charge on any atom is 0.248 e. The van der Waals surface area contributed by atoms with Gasteiger partial charge in [0.15, 0.2) is 5.78 Å². The lowest BCUT2D eigenvalue weighted by atomic mass is 9.73. The molecule has 1 aliphatic carbocycles. The monoisotopic (exact) mass is 415 g/mol. The van der Waals surface area contributed by atoms with Gasteiger partial charge < -0.3 is 10.1 Å². The highest BCUT2D eigenvalue weighted by Crippen LogP contribution is 2.45. The number of hydrogen-bond acceptors (Lipinski definition) is 6. The van der Waals surface area contributed by atoms with Crippen molar-refractivity contribution in [1.29, 1.82) is 0 Å². The fourth-order valence-corrected chi connectivity index (χ4v) is 4.49. The van der Waals surface area contributed by atoms with Crippen LogP contribution in [0.15, 0.2) is 59.8 Å². The van der Waals surface area contributed by atoms with Crippen molar-refractivity contribution in [3.8, 4) is 5.75 Å². The standard InChI is InChI=1S/C24H25N5O2/c1-15-5-4-6-16(11-15)14-31-18-9-7-17(8-10-18)22-21-19(12-24(2,3)13-20(21)30)25-23-26-27-28-29(22)23/h4-11,22H,12-14H2,1-3H3,(H,25,26,28). The molecule has 2 aromatic carbocycles. The van der Waals surface area contributed by atoms with Gasteiger partial charge in [0.1, 0.15) is 18.4 Å². The molecule has 0 spiro atoms. The Morgan fingerprint density at radius 1 is 1.16 bits per heavy atom. The molecular formula is C24H25N5O2. The molecule has 0 saturated heterocycles. The highest BCUT2D eigenvalue weighted by atomic mass is 16.5. The molecule has 5 rings (SSSR count). The maximum atomic E-state index is 13.1. The molecule has 0 bridgehead atoms. The van der Waals surface area contributed by atoms with Crippen molar-refractivity contribution in [2.24, 2.45) is 5.41 Å². The average molecular weight is 415 g/mol. The van der Waals surface area contributed by atoms with E-state index in [4.69, 9.17) is 4.74 Å². The minimum atomic E-state index is -0.337. The van der Waals surface area contributed by atoms with Gasteiger partial charge in [-0.2, -0.15) is 4.68 Å². The smallest absolute Gasteiger partial charge is 0.248 e. The van der Waals surface area contributed by atoms with E-state index in [2.05, 4.69) is 59.8 Å². The molecular weight excluding hydrogens is 390 g/mol. The number of nitrogens with one attached hydrogen (secondary N) is 1. The number of anilines is 1.